The number of piperidine rings is 1. The molecule has 1 atom stereocenters. The Labute approximate surface area is 242 Å². The molecule has 0 aliphatic carbocycles. The highest BCUT2D eigenvalue weighted by Crippen LogP contribution is 2.37. The number of hydrogen-bond donors (Lipinski definition) is 3. The lowest BCUT2D eigenvalue weighted by atomic mass is 10.00. The highest BCUT2D eigenvalue weighted by Gasteiger charge is 2.42. The van der Waals surface area contributed by atoms with Crippen LogP contribution in [-0.2, 0) is 6.42 Å². The lowest BCUT2D eigenvalue weighted by molar-refractivity contribution is 0.0516. The molecule has 0 spiro atoms. The van der Waals surface area contributed by atoms with Gasteiger partial charge in [0.05, 0.1) is 40.9 Å². The standard InChI is InChI=1S/C31H33N5O6/c1-35-10-7-19(8-11-35)36-30(39)23-12-18-13-27(34-26(18)15-24(23)31(36)40)28-25(6-9-32-29(28)38)33-16-20(37)17-42-22-5-3-4-21(14-22)41-2/h3-6,9,12,14-15,19-20,37H,7-8,10-11,13,16-17H2,1-2H3,(H2,32,33,38). The number of aliphatic hydroxyl groups is 1. The number of aliphatic imine (C=N–C) groups is 1. The number of nitrogens with one attached hydrogen (secondary N) is 2. The number of aromatic amines is 1. The number of hydrogen-bond acceptors (Lipinski definition) is 9. The first-order valence-corrected chi connectivity index (χ1v) is 14.0. The summed E-state index contributed by atoms with van der Waals surface area (Å²) in [6.07, 6.45) is 2.52. The second kappa shape index (κ2) is 11.4. The van der Waals surface area contributed by atoms with Crippen molar-refractivity contribution < 1.29 is 24.2 Å². The van der Waals surface area contributed by atoms with Crippen LogP contribution in [-0.4, -0.2) is 90.0 Å². The first-order chi connectivity index (χ1) is 20.3. The molecule has 4 heterocycles. The molecule has 1 aromatic heterocycles. The number of carbonyl (C=O) groups is 2. The number of likely N-dealkylation sites (tertiary alicyclic amines) is 1. The van der Waals surface area contributed by atoms with Gasteiger partial charge in [0.1, 0.15) is 24.2 Å². The fourth-order valence-electron chi connectivity index (χ4n) is 5.76. The van der Waals surface area contributed by atoms with Crippen LogP contribution in [0.15, 0.2) is 58.4 Å². The predicted octanol–water partition coefficient (Wildman–Crippen LogP) is 2.60. The van der Waals surface area contributed by atoms with Gasteiger partial charge in [0, 0.05) is 31.3 Å². The minimum absolute atomic E-state index is 0.0350. The number of carbonyl (C=O) groups excluding carboxylic acids is 2. The minimum atomic E-state index is -0.862. The zero-order chi connectivity index (χ0) is 29.4. The van der Waals surface area contributed by atoms with Gasteiger partial charge in [0.15, 0.2) is 0 Å². The molecular weight excluding hydrogens is 538 g/mol. The molecule has 3 aromatic rings. The molecule has 1 fully saturated rings. The SMILES string of the molecule is COc1cccc(OCC(O)CNc2cc[nH]c(=O)c2C2=Nc3cc4c(cc3C2)C(=O)N(C2CCN(C)CC2)C4=O)c1. The molecule has 11 nitrogen and oxygen atoms in total. The third-order valence-corrected chi connectivity index (χ3v) is 8.04. The summed E-state index contributed by atoms with van der Waals surface area (Å²) >= 11 is 0. The summed E-state index contributed by atoms with van der Waals surface area (Å²) in [5, 5.41) is 13.7. The Hall–Kier alpha value is -4.48. The van der Waals surface area contributed by atoms with Gasteiger partial charge < -0.3 is 29.8 Å². The highest BCUT2D eigenvalue weighted by molar-refractivity contribution is 6.22. The highest BCUT2D eigenvalue weighted by atomic mass is 16.5. The predicted molar refractivity (Wildman–Crippen MR) is 157 cm³/mol. The van der Waals surface area contributed by atoms with E-state index in [0.29, 0.717) is 51.7 Å². The minimum Gasteiger partial charge on any atom is -0.497 e. The smallest absolute Gasteiger partial charge is 0.261 e. The number of anilines is 1. The van der Waals surface area contributed by atoms with E-state index in [1.54, 1.807) is 49.6 Å². The summed E-state index contributed by atoms with van der Waals surface area (Å²) in [4.78, 5) is 50.6. The summed E-state index contributed by atoms with van der Waals surface area (Å²) in [6.45, 7) is 1.85. The summed E-state index contributed by atoms with van der Waals surface area (Å²) in [5.74, 6) is 0.689. The normalized spacial score (nSPS) is 17.6. The van der Waals surface area contributed by atoms with Crippen molar-refractivity contribution in [2.24, 2.45) is 4.99 Å². The van der Waals surface area contributed by atoms with Gasteiger partial charge in [0.25, 0.3) is 17.4 Å². The molecule has 0 bridgehead atoms. The topological polar surface area (TPSA) is 137 Å². The molecule has 1 unspecified atom stereocenters. The second-order valence-corrected chi connectivity index (χ2v) is 10.9. The molecule has 218 valence electrons. The number of rotatable bonds is 9. The summed E-state index contributed by atoms with van der Waals surface area (Å²) in [5.41, 5.74) is 3.18. The van der Waals surface area contributed by atoms with E-state index in [1.807, 2.05) is 7.05 Å². The molecular formula is C31H33N5O6. The Kier molecular flexibility index (Phi) is 7.53. The average molecular weight is 572 g/mol. The van der Waals surface area contributed by atoms with Gasteiger partial charge in [-0.25, -0.2) is 0 Å². The van der Waals surface area contributed by atoms with E-state index >= 15 is 0 Å². The van der Waals surface area contributed by atoms with Gasteiger partial charge in [-0.1, -0.05) is 6.07 Å². The van der Waals surface area contributed by atoms with Crippen molar-refractivity contribution >= 4 is 28.9 Å². The molecule has 0 saturated carbocycles. The van der Waals surface area contributed by atoms with E-state index in [2.05, 4.69) is 15.2 Å². The van der Waals surface area contributed by atoms with Crippen LogP contribution in [0.5, 0.6) is 11.5 Å². The van der Waals surface area contributed by atoms with E-state index in [-0.39, 0.29) is 36.6 Å². The van der Waals surface area contributed by atoms with Crippen LogP contribution in [0.2, 0.25) is 0 Å². The van der Waals surface area contributed by atoms with E-state index in [1.165, 1.54) is 11.1 Å². The van der Waals surface area contributed by atoms with Gasteiger partial charge in [-0.05, 0) is 68.9 Å². The number of H-pyrrole nitrogens is 1. The van der Waals surface area contributed by atoms with E-state index < -0.39 is 6.10 Å². The molecule has 42 heavy (non-hydrogen) atoms. The molecule has 6 rings (SSSR count). The number of aliphatic hydroxyl groups excluding tert-OH is 1. The van der Waals surface area contributed by atoms with Crippen molar-refractivity contribution in [2.45, 2.75) is 31.4 Å². The molecule has 3 N–H and O–H groups in total. The number of amides is 2. The number of benzene rings is 2. The number of fused-ring (bicyclic) bond motifs is 2. The number of nitrogens with zero attached hydrogens (tertiary/aromatic N) is 3. The van der Waals surface area contributed by atoms with Crippen LogP contribution in [0.1, 0.15) is 44.7 Å². The molecule has 2 amide bonds. The molecule has 3 aliphatic rings. The van der Waals surface area contributed by atoms with E-state index in [0.717, 1.165) is 31.5 Å². The first kappa shape index (κ1) is 27.7. The number of aromatic nitrogens is 1. The Morgan fingerprint density at radius 3 is 2.57 bits per heavy atom. The fraction of sp³-hybridized carbons (Fsp3) is 0.355. The maximum absolute atomic E-state index is 13.3. The summed E-state index contributed by atoms with van der Waals surface area (Å²) in [7, 11) is 3.61. The third kappa shape index (κ3) is 5.28. The van der Waals surface area contributed by atoms with Gasteiger partial charge in [-0.15, -0.1) is 0 Å². The number of ether oxygens (including phenoxy) is 2. The van der Waals surface area contributed by atoms with Crippen LogP contribution >= 0.6 is 0 Å². The van der Waals surface area contributed by atoms with Crippen LogP contribution in [0.3, 0.4) is 0 Å². The summed E-state index contributed by atoms with van der Waals surface area (Å²) in [6, 6.07) is 12.1. The fourth-order valence-corrected chi connectivity index (χ4v) is 5.76. The van der Waals surface area contributed by atoms with Gasteiger partial charge >= 0.3 is 0 Å². The van der Waals surface area contributed by atoms with Crippen LogP contribution in [0, 0.1) is 0 Å². The van der Waals surface area contributed by atoms with Crippen molar-refractivity contribution in [3.8, 4) is 11.5 Å². The number of imide groups is 1. The largest absolute Gasteiger partial charge is 0.497 e. The van der Waals surface area contributed by atoms with Gasteiger partial charge in [-0.2, -0.15) is 0 Å². The van der Waals surface area contributed by atoms with E-state index in [4.69, 9.17) is 14.5 Å². The molecule has 11 heteroatoms. The average Bonchev–Trinajstić information content (AvgIpc) is 3.51. The summed E-state index contributed by atoms with van der Waals surface area (Å²) < 4.78 is 10.9. The van der Waals surface area contributed by atoms with Crippen molar-refractivity contribution in [1.82, 2.24) is 14.8 Å². The van der Waals surface area contributed by atoms with Crippen molar-refractivity contribution in [1.29, 1.82) is 0 Å². The van der Waals surface area contributed by atoms with Gasteiger partial charge in [-0.3, -0.25) is 24.3 Å². The molecule has 0 radical (unpaired) electrons. The Morgan fingerprint density at radius 2 is 1.81 bits per heavy atom. The first-order valence-electron chi connectivity index (χ1n) is 14.0. The van der Waals surface area contributed by atoms with Crippen LogP contribution in [0.25, 0.3) is 0 Å². The molecule has 3 aliphatic heterocycles. The maximum atomic E-state index is 13.3. The Morgan fingerprint density at radius 1 is 1.07 bits per heavy atom. The Bertz CT molecular complexity index is 1620. The quantitative estimate of drug-likeness (QED) is 0.334. The van der Waals surface area contributed by atoms with Gasteiger partial charge in [0.2, 0.25) is 0 Å². The maximum Gasteiger partial charge on any atom is 0.261 e. The lowest BCUT2D eigenvalue weighted by Crippen LogP contribution is -2.46. The van der Waals surface area contributed by atoms with Crippen LogP contribution in [0.4, 0.5) is 11.4 Å². The van der Waals surface area contributed by atoms with Crippen molar-refractivity contribution in [3.63, 3.8) is 0 Å². The van der Waals surface area contributed by atoms with Crippen molar-refractivity contribution in [3.05, 3.63) is 81.3 Å². The number of methoxy groups -OCH3 is 1. The molecule has 1 saturated heterocycles. The lowest BCUT2D eigenvalue weighted by Gasteiger charge is -2.33. The van der Waals surface area contributed by atoms with Crippen LogP contribution < -0.4 is 20.3 Å². The number of pyridine rings is 1. The Balaban J connectivity index is 1.16. The van der Waals surface area contributed by atoms with E-state index in [9.17, 15) is 19.5 Å². The second-order valence-electron chi connectivity index (χ2n) is 10.9. The zero-order valence-electron chi connectivity index (χ0n) is 23.6. The van der Waals surface area contributed by atoms with Crippen molar-refractivity contribution in [2.75, 3.05) is 45.7 Å². The zero-order valence-corrected chi connectivity index (χ0v) is 23.6. The monoisotopic (exact) mass is 571 g/mol. The molecule has 2 aromatic carbocycles. The third-order valence-electron chi connectivity index (χ3n) is 8.04.